The van der Waals surface area contributed by atoms with Crippen LogP contribution in [-0.2, 0) is 4.74 Å². The number of nitrogens with one attached hydrogen (secondary N) is 1. The zero-order valence-electron chi connectivity index (χ0n) is 12.1. The van der Waals surface area contributed by atoms with Crippen molar-refractivity contribution in [3.8, 4) is 0 Å². The van der Waals surface area contributed by atoms with Crippen LogP contribution in [0.3, 0.4) is 0 Å². The van der Waals surface area contributed by atoms with E-state index >= 15 is 0 Å². The van der Waals surface area contributed by atoms with Gasteiger partial charge in [0.15, 0.2) is 0 Å². The van der Waals surface area contributed by atoms with Crippen LogP contribution in [0.5, 0.6) is 0 Å². The van der Waals surface area contributed by atoms with Crippen molar-refractivity contribution >= 4 is 6.09 Å². The minimum absolute atomic E-state index is 0.0753. The third kappa shape index (κ3) is 5.86. The predicted octanol–water partition coefficient (Wildman–Crippen LogP) is 2.63. The van der Waals surface area contributed by atoms with Crippen LogP contribution in [0.1, 0.15) is 32.6 Å². The van der Waals surface area contributed by atoms with Crippen molar-refractivity contribution in [3.05, 3.63) is 41.7 Å². The third-order valence-electron chi connectivity index (χ3n) is 2.36. The molecule has 0 aliphatic carbocycles. The zero-order valence-corrected chi connectivity index (χ0v) is 12.1. The number of carbonyl (C=O) groups is 1. The summed E-state index contributed by atoms with van der Waals surface area (Å²) in [5.74, 6) is -0.566. The van der Waals surface area contributed by atoms with Gasteiger partial charge in [-0.25, -0.2) is 13.6 Å². The fourth-order valence-corrected chi connectivity index (χ4v) is 1.42. The first-order chi connectivity index (χ1) is 9.73. The lowest BCUT2D eigenvalue weighted by Crippen LogP contribution is -2.34. The van der Waals surface area contributed by atoms with Crippen LogP contribution in [0, 0.1) is 5.82 Å². The Morgan fingerprint density at radius 1 is 1.52 bits per heavy atom. The normalized spacial score (nSPS) is 13.7. The van der Waals surface area contributed by atoms with Crippen LogP contribution in [0.2, 0.25) is 0 Å². The van der Waals surface area contributed by atoms with Crippen molar-refractivity contribution in [2.45, 2.75) is 32.5 Å². The number of aliphatic hydroxyl groups excluding tert-OH is 1. The summed E-state index contributed by atoms with van der Waals surface area (Å²) in [6.07, 6.45) is -1.03. The molecule has 0 aliphatic heterocycles. The number of halogens is 2. The second-order valence-electron chi connectivity index (χ2n) is 5.34. The number of pyridine rings is 1. The number of hydrogen-bond donors (Lipinski definition) is 2. The molecule has 0 saturated carbocycles. The number of ether oxygens (including phenoxy) is 1. The maximum Gasteiger partial charge on any atom is 0.407 e. The Kier molecular flexibility index (Phi) is 5.78. The summed E-state index contributed by atoms with van der Waals surface area (Å²) in [6, 6.07) is 2.33. The highest BCUT2D eigenvalue weighted by molar-refractivity contribution is 5.68. The van der Waals surface area contributed by atoms with Gasteiger partial charge in [0, 0.05) is 12.1 Å². The molecule has 116 valence electrons. The van der Waals surface area contributed by atoms with Crippen molar-refractivity contribution in [1.29, 1.82) is 0 Å². The molecule has 1 rings (SSSR count). The van der Waals surface area contributed by atoms with Gasteiger partial charge in [0.05, 0.1) is 18.2 Å². The maximum atomic E-state index is 12.8. The Morgan fingerprint density at radius 2 is 2.19 bits per heavy atom. The first kappa shape index (κ1) is 17.0. The second kappa shape index (κ2) is 7.12. The van der Waals surface area contributed by atoms with E-state index in [1.165, 1.54) is 6.07 Å². The highest BCUT2D eigenvalue weighted by Gasteiger charge is 2.19. The van der Waals surface area contributed by atoms with E-state index in [4.69, 9.17) is 4.74 Å². The molecule has 1 aromatic heterocycles. The summed E-state index contributed by atoms with van der Waals surface area (Å²) in [5.41, 5.74) is -0.730. The molecule has 0 aliphatic rings. The van der Waals surface area contributed by atoms with Crippen LogP contribution >= 0.6 is 0 Å². The summed E-state index contributed by atoms with van der Waals surface area (Å²) in [4.78, 5) is 15.1. The number of aliphatic hydroxyl groups is 1. The van der Waals surface area contributed by atoms with Crippen molar-refractivity contribution in [3.63, 3.8) is 0 Å². The van der Waals surface area contributed by atoms with E-state index in [-0.39, 0.29) is 24.1 Å². The van der Waals surface area contributed by atoms with Crippen LogP contribution in [-0.4, -0.2) is 28.3 Å². The number of nitrogens with zero attached hydrogens (tertiary/aromatic N) is 1. The van der Waals surface area contributed by atoms with Crippen LogP contribution in [0.4, 0.5) is 13.6 Å². The van der Waals surface area contributed by atoms with E-state index in [9.17, 15) is 18.7 Å². The molecule has 0 spiro atoms. The zero-order chi connectivity index (χ0) is 16.0. The Morgan fingerprint density at radius 3 is 2.67 bits per heavy atom. The summed E-state index contributed by atoms with van der Waals surface area (Å²) < 4.78 is 30.6. The van der Waals surface area contributed by atoms with Crippen LogP contribution in [0.25, 0.3) is 0 Å². The lowest BCUT2D eigenvalue weighted by atomic mass is 10.1. The number of rotatable bonds is 4. The second-order valence-corrected chi connectivity index (χ2v) is 5.34. The minimum Gasteiger partial charge on any atom is -0.444 e. The van der Waals surface area contributed by atoms with Gasteiger partial charge < -0.3 is 15.2 Å². The van der Waals surface area contributed by atoms with Gasteiger partial charge in [-0.3, -0.25) is 4.98 Å². The lowest BCUT2D eigenvalue weighted by molar-refractivity contribution is 0.0529. The molecule has 21 heavy (non-hydrogen) atoms. The minimum atomic E-state index is -1.38. The molecule has 0 aromatic carbocycles. The maximum absolute atomic E-state index is 12.8. The summed E-state index contributed by atoms with van der Waals surface area (Å²) in [5, 5.41) is 12.3. The predicted molar refractivity (Wildman–Crippen MR) is 72.6 cm³/mol. The smallest absolute Gasteiger partial charge is 0.407 e. The largest absolute Gasteiger partial charge is 0.444 e. The standard InChI is InChI=1S/C14H18F2N2O3/c1-14(2,3)21-13(20)18-7-9(6-15)12(19)11-5-4-10(16)8-17-11/h4-6,8,12,19H,7H2,1-3H3,(H,18,20)/b9-6+. The van der Waals surface area contributed by atoms with Crippen LogP contribution < -0.4 is 5.32 Å². The van der Waals surface area contributed by atoms with Gasteiger partial charge >= 0.3 is 6.09 Å². The Labute approximate surface area is 121 Å². The van der Waals surface area contributed by atoms with E-state index in [0.717, 1.165) is 12.3 Å². The first-order valence-electron chi connectivity index (χ1n) is 6.28. The third-order valence-corrected chi connectivity index (χ3v) is 2.36. The highest BCUT2D eigenvalue weighted by atomic mass is 19.1. The number of alkyl carbamates (subject to hydrolysis) is 1. The summed E-state index contributed by atoms with van der Waals surface area (Å²) in [7, 11) is 0. The topological polar surface area (TPSA) is 71.5 Å². The van der Waals surface area contributed by atoms with Gasteiger partial charge in [-0.05, 0) is 32.9 Å². The van der Waals surface area contributed by atoms with Crippen molar-refractivity contribution in [2.24, 2.45) is 0 Å². The van der Waals surface area contributed by atoms with Crippen LogP contribution in [0.15, 0.2) is 30.2 Å². The molecular formula is C14H18F2N2O3. The molecule has 0 saturated heterocycles. The molecule has 1 atom stereocenters. The fourth-order valence-electron chi connectivity index (χ4n) is 1.42. The van der Waals surface area contributed by atoms with E-state index in [1.807, 2.05) is 0 Å². The molecule has 0 bridgehead atoms. The SMILES string of the molecule is CC(C)(C)OC(=O)NC/C(=C\F)C(O)c1ccc(F)cn1. The number of amides is 1. The molecule has 1 heterocycles. The summed E-state index contributed by atoms with van der Waals surface area (Å²) >= 11 is 0. The molecule has 0 fully saturated rings. The Hall–Kier alpha value is -2.02. The van der Waals surface area contributed by atoms with Gasteiger partial charge in [-0.15, -0.1) is 0 Å². The molecule has 1 unspecified atom stereocenters. The highest BCUT2D eigenvalue weighted by Crippen LogP contribution is 2.19. The average Bonchev–Trinajstić information content (AvgIpc) is 2.38. The van der Waals surface area contributed by atoms with Gasteiger partial charge in [0.25, 0.3) is 0 Å². The molecule has 1 amide bonds. The van der Waals surface area contributed by atoms with Gasteiger partial charge in [-0.2, -0.15) is 0 Å². The molecule has 0 radical (unpaired) electrons. The fraction of sp³-hybridized carbons (Fsp3) is 0.429. The lowest BCUT2D eigenvalue weighted by Gasteiger charge is -2.20. The number of aromatic nitrogens is 1. The molecule has 7 heteroatoms. The summed E-state index contributed by atoms with van der Waals surface area (Å²) in [6.45, 7) is 4.81. The number of carbonyl (C=O) groups excluding carboxylic acids is 1. The monoisotopic (exact) mass is 300 g/mol. The van der Waals surface area contributed by atoms with Crippen molar-refractivity contribution in [2.75, 3.05) is 6.54 Å². The molecule has 1 aromatic rings. The van der Waals surface area contributed by atoms with Gasteiger partial charge in [0.2, 0.25) is 0 Å². The average molecular weight is 300 g/mol. The Balaban J connectivity index is 2.63. The van der Waals surface area contributed by atoms with E-state index < -0.39 is 23.6 Å². The first-order valence-corrected chi connectivity index (χ1v) is 6.28. The molecule has 5 nitrogen and oxygen atoms in total. The Bertz CT molecular complexity index is 510. The molecule has 2 N–H and O–H groups in total. The van der Waals surface area contributed by atoms with Gasteiger partial charge in [0.1, 0.15) is 17.5 Å². The van der Waals surface area contributed by atoms with E-state index in [1.54, 1.807) is 20.8 Å². The quantitative estimate of drug-likeness (QED) is 0.896. The van der Waals surface area contributed by atoms with E-state index in [2.05, 4.69) is 10.3 Å². The molecular weight excluding hydrogens is 282 g/mol. The number of hydrogen-bond acceptors (Lipinski definition) is 4. The van der Waals surface area contributed by atoms with Crippen molar-refractivity contribution < 1.29 is 23.4 Å². The van der Waals surface area contributed by atoms with E-state index in [0.29, 0.717) is 0 Å². The van der Waals surface area contributed by atoms with Crippen molar-refractivity contribution in [1.82, 2.24) is 10.3 Å². The van der Waals surface area contributed by atoms with Gasteiger partial charge in [-0.1, -0.05) is 0 Å².